The van der Waals surface area contributed by atoms with E-state index in [0.29, 0.717) is 12.3 Å². The second kappa shape index (κ2) is 9.65. The van der Waals surface area contributed by atoms with Crippen LogP contribution in [0.15, 0.2) is 54.6 Å². The molecule has 1 fully saturated rings. The Morgan fingerprint density at radius 1 is 1.07 bits per heavy atom. The first kappa shape index (κ1) is 19.6. The van der Waals surface area contributed by atoms with Gasteiger partial charge in [0.25, 0.3) is 0 Å². The predicted molar refractivity (Wildman–Crippen MR) is 108 cm³/mol. The van der Waals surface area contributed by atoms with Crippen molar-refractivity contribution in [1.29, 1.82) is 0 Å². The van der Waals surface area contributed by atoms with Crippen molar-refractivity contribution in [3.8, 4) is 0 Å². The maximum absolute atomic E-state index is 13.0. The molecule has 0 saturated carbocycles. The number of likely N-dealkylation sites (tertiary alicyclic amines) is 1. The summed E-state index contributed by atoms with van der Waals surface area (Å²) in [6.07, 6.45) is 3.72. The van der Waals surface area contributed by atoms with E-state index in [0.717, 1.165) is 51.1 Å². The van der Waals surface area contributed by atoms with Crippen LogP contribution in [0.3, 0.4) is 0 Å². The topological polar surface area (TPSA) is 23.6 Å². The second-order valence-electron chi connectivity index (χ2n) is 7.35. The summed E-state index contributed by atoms with van der Waals surface area (Å²) in [6, 6.07) is 16.8. The molecule has 144 valence electrons. The summed E-state index contributed by atoms with van der Waals surface area (Å²) in [4.78, 5) is 16.9. The summed E-state index contributed by atoms with van der Waals surface area (Å²) in [6.45, 7) is 5.87. The van der Waals surface area contributed by atoms with Crippen LogP contribution < -0.4 is 4.90 Å². The second-order valence-corrected chi connectivity index (χ2v) is 7.35. The molecule has 27 heavy (non-hydrogen) atoms. The number of hydrogen-bond acceptors (Lipinski definition) is 2. The van der Waals surface area contributed by atoms with E-state index >= 15 is 0 Å². The maximum atomic E-state index is 13.0. The number of carbonyl (C=O) groups is 1. The SMILES string of the molecule is CCC(=O)N(CC1CCN(CCc2ccc(F)cc2)CC1)c1ccccc1. The Morgan fingerprint density at radius 2 is 1.74 bits per heavy atom. The Morgan fingerprint density at radius 3 is 2.37 bits per heavy atom. The van der Waals surface area contributed by atoms with Crippen LogP contribution >= 0.6 is 0 Å². The van der Waals surface area contributed by atoms with Crippen molar-refractivity contribution in [3.05, 3.63) is 66.0 Å². The Bertz CT molecular complexity index is 709. The number of carbonyl (C=O) groups excluding carboxylic acids is 1. The molecule has 0 aliphatic carbocycles. The Balaban J connectivity index is 1.49. The van der Waals surface area contributed by atoms with Crippen molar-refractivity contribution in [3.63, 3.8) is 0 Å². The third-order valence-electron chi connectivity index (χ3n) is 5.45. The average Bonchev–Trinajstić information content (AvgIpc) is 2.72. The van der Waals surface area contributed by atoms with Gasteiger partial charge in [0.05, 0.1) is 0 Å². The van der Waals surface area contributed by atoms with E-state index in [4.69, 9.17) is 0 Å². The standard InChI is InChI=1S/C23H29FN2O/c1-2-23(27)26(22-6-4-3-5-7-22)18-20-13-16-25(17-14-20)15-12-19-8-10-21(24)11-9-19/h3-11,20H,2,12-18H2,1H3. The van der Waals surface area contributed by atoms with Gasteiger partial charge in [0.2, 0.25) is 5.91 Å². The Hall–Kier alpha value is -2.20. The van der Waals surface area contributed by atoms with Gasteiger partial charge >= 0.3 is 0 Å². The van der Waals surface area contributed by atoms with Crippen LogP contribution in [-0.4, -0.2) is 37.0 Å². The van der Waals surface area contributed by atoms with E-state index in [-0.39, 0.29) is 11.7 Å². The minimum atomic E-state index is -0.177. The van der Waals surface area contributed by atoms with E-state index < -0.39 is 0 Å². The largest absolute Gasteiger partial charge is 0.312 e. The van der Waals surface area contributed by atoms with E-state index in [1.165, 1.54) is 17.7 Å². The molecule has 0 bridgehead atoms. The molecule has 0 spiro atoms. The van der Waals surface area contributed by atoms with Gasteiger partial charge < -0.3 is 9.80 Å². The normalized spacial score (nSPS) is 15.6. The van der Waals surface area contributed by atoms with Crippen LogP contribution in [0, 0.1) is 11.7 Å². The van der Waals surface area contributed by atoms with Gasteiger partial charge in [-0.1, -0.05) is 37.3 Å². The fraction of sp³-hybridized carbons (Fsp3) is 0.435. The molecule has 0 radical (unpaired) electrons. The highest BCUT2D eigenvalue weighted by Gasteiger charge is 2.23. The van der Waals surface area contributed by atoms with Gasteiger partial charge in [0.15, 0.2) is 0 Å². The Kier molecular flexibility index (Phi) is 6.99. The van der Waals surface area contributed by atoms with Crippen LogP contribution in [-0.2, 0) is 11.2 Å². The average molecular weight is 368 g/mol. The number of piperidine rings is 1. The Labute approximate surface area is 161 Å². The van der Waals surface area contributed by atoms with Gasteiger partial charge in [-0.25, -0.2) is 4.39 Å². The first-order chi connectivity index (χ1) is 13.2. The van der Waals surface area contributed by atoms with Crippen molar-refractivity contribution in [2.24, 2.45) is 5.92 Å². The van der Waals surface area contributed by atoms with Crippen molar-refractivity contribution < 1.29 is 9.18 Å². The fourth-order valence-corrected chi connectivity index (χ4v) is 3.74. The van der Waals surface area contributed by atoms with Gasteiger partial charge in [0.1, 0.15) is 5.82 Å². The van der Waals surface area contributed by atoms with Crippen LogP contribution in [0.2, 0.25) is 0 Å². The zero-order chi connectivity index (χ0) is 19.1. The van der Waals surface area contributed by atoms with Crippen molar-refractivity contribution >= 4 is 11.6 Å². The van der Waals surface area contributed by atoms with E-state index in [9.17, 15) is 9.18 Å². The van der Waals surface area contributed by atoms with Gasteiger partial charge in [-0.3, -0.25) is 4.79 Å². The molecule has 2 aromatic carbocycles. The molecule has 1 aliphatic rings. The highest BCUT2D eigenvalue weighted by molar-refractivity contribution is 5.93. The third kappa shape index (κ3) is 5.64. The molecule has 1 saturated heterocycles. The first-order valence-electron chi connectivity index (χ1n) is 9.98. The molecule has 1 heterocycles. The van der Waals surface area contributed by atoms with Crippen LogP contribution in [0.25, 0.3) is 0 Å². The van der Waals surface area contributed by atoms with Gasteiger partial charge in [-0.15, -0.1) is 0 Å². The molecule has 0 atom stereocenters. The molecule has 0 N–H and O–H groups in total. The number of halogens is 1. The molecule has 3 rings (SSSR count). The summed E-state index contributed by atoms with van der Waals surface area (Å²) >= 11 is 0. The van der Waals surface area contributed by atoms with Gasteiger partial charge in [0, 0.05) is 25.2 Å². The summed E-state index contributed by atoms with van der Waals surface area (Å²) in [7, 11) is 0. The number of amides is 1. The molecule has 1 aliphatic heterocycles. The highest BCUT2D eigenvalue weighted by Crippen LogP contribution is 2.23. The molecule has 0 unspecified atom stereocenters. The number of rotatable bonds is 7. The van der Waals surface area contributed by atoms with E-state index in [1.807, 2.05) is 54.3 Å². The van der Waals surface area contributed by atoms with Crippen LogP contribution in [0.5, 0.6) is 0 Å². The van der Waals surface area contributed by atoms with Crippen LogP contribution in [0.1, 0.15) is 31.7 Å². The first-order valence-corrected chi connectivity index (χ1v) is 9.98. The quantitative estimate of drug-likeness (QED) is 0.717. The smallest absolute Gasteiger partial charge is 0.226 e. The summed E-state index contributed by atoms with van der Waals surface area (Å²) in [5, 5.41) is 0. The molecule has 0 aromatic heterocycles. The minimum absolute atomic E-state index is 0.177. The summed E-state index contributed by atoms with van der Waals surface area (Å²) in [5.74, 6) is 0.562. The number of nitrogens with zero attached hydrogens (tertiary/aromatic N) is 2. The molecular formula is C23H29FN2O. The lowest BCUT2D eigenvalue weighted by Crippen LogP contribution is -2.41. The molecule has 1 amide bonds. The molecule has 4 heteroatoms. The van der Waals surface area contributed by atoms with Crippen molar-refractivity contribution in [2.45, 2.75) is 32.6 Å². The van der Waals surface area contributed by atoms with E-state index in [2.05, 4.69) is 4.90 Å². The number of benzene rings is 2. The fourth-order valence-electron chi connectivity index (χ4n) is 3.74. The molecule has 2 aromatic rings. The van der Waals surface area contributed by atoms with Crippen LogP contribution in [0.4, 0.5) is 10.1 Å². The minimum Gasteiger partial charge on any atom is -0.312 e. The monoisotopic (exact) mass is 368 g/mol. The lowest BCUT2D eigenvalue weighted by molar-refractivity contribution is -0.118. The maximum Gasteiger partial charge on any atom is 0.226 e. The summed E-state index contributed by atoms with van der Waals surface area (Å²) < 4.78 is 13.0. The molecule has 3 nitrogen and oxygen atoms in total. The van der Waals surface area contributed by atoms with Gasteiger partial charge in [-0.2, -0.15) is 0 Å². The number of anilines is 1. The lowest BCUT2D eigenvalue weighted by Gasteiger charge is -2.35. The van der Waals surface area contributed by atoms with E-state index in [1.54, 1.807) is 0 Å². The zero-order valence-electron chi connectivity index (χ0n) is 16.1. The highest BCUT2D eigenvalue weighted by atomic mass is 19.1. The molecular weight excluding hydrogens is 339 g/mol. The number of para-hydroxylation sites is 1. The van der Waals surface area contributed by atoms with Crippen molar-refractivity contribution in [2.75, 3.05) is 31.1 Å². The van der Waals surface area contributed by atoms with Gasteiger partial charge in [-0.05, 0) is 68.1 Å². The zero-order valence-corrected chi connectivity index (χ0v) is 16.1. The number of hydrogen-bond donors (Lipinski definition) is 0. The van der Waals surface area contributed by atoms with Crippen molar-refractivity contribution in [1.82, 2.24) is 4.90 Å². The summed E-state index contributed by atoms with van der Waals surface area (Å²) in [5.41, 5.74) is 2.19. The third-order valence-corrected chi connectivity index (χ3v) is 5.45. The lowest BCUT2D eigenvalue weighted by atomic mass is 9.95. The predicted octanol–water partition coefficient (Wildman–Crippen LogP) is 4.52.